The number of likely N-dealkylation sites (tertiary alicyclic amines) is 1. The third-order valence-electron chi connectivity index (χ3n) is 4.37. The van der Waals surface area contributed by atoms with Gasteiger partial charge in [-0.15, -0.1) is 0 Å². The molecule has 29 heavy (non-hydrogen) atoms. The maximum Gasteiger partial charge on any atom is 0.513 e. The average molecular weight is 399 g/mol. The first kappa shape index (κ1) is 20.2. The van der Waals surface area contributed by atoms with Gasteiger partial charge in [-0.2, -0.15) is 0 Å². The van der Waals surface area contributed by atoms with Crippen LogP contribution in [-0.4, -0.2) is 48.4 Å². The summed E-state index contributed by atoms with van der Waals surface area (Å²) < 4.78 is 20.3. The minimum Gasteiger partial charge on any atom is -0.432 e. The van der Waals surface area contributed by atoms with Crippen molar-refractivity contribution < 1.29 is 33.3 Å². The van der Waals surface area contributed by atoms with Gasteiger partial charge in [0.15, 0.2) is 0 Å². The minimum absolute atomic E-state index is 0.00376. The van der Waals surface area contributed by atoms with E-state index in [2.05, 4.69) is 0 Å². The number of carbonyl (C=O) groups is 3. The molecule has 0 saturated carbocycles. The van der Waals surface area contributed by atoms with Crippen LogP contribution in [0.15, 0.2) is 60.7 Å². The second-order valence-corrected chi connectivity index (χ2v) is 6.42. The van der Waals surface area contributed by atoms with E-state index in [-0.39, 0.29) is 31.2 Å². The molecule has 0 N–H and O–H groups in total. The van der Waals surface area contributed by atoms with Crippen LogP contribution in [0.3, 0.4) is 0 Å². The molecule has 3 rings (SSSR count). The lowest BCUT2D eigenvalue weighted by Gasteiger charge is -2.47. The van der Waals surface area contributed by atoms with Crippen molar-refractivity contribution in [2.75, 3.05) is 13.2 Å². The van der Waals surface area contributed by atoms with E-state index < -0.39 is 12.3 Å². The van der Waals surface area contributed by atoms with E-state index in [1.807, 2.05) is 0 Å². The number of carbonyl (C=O) groups excluding carboxylic acids is 3. The van der Waals surface area contributed by atoms with Crippen LogP contribution >= 0.6 is 0 Å². The summed E-state index contributed by atoms with van der Waals surface area (Å²) in [4.78, 5) is 37.0. The van der Waals surface area contributed by atoms with Gasteiger partial charge in [-0.1, -0.05) is 36.4 Å². The van der Waals surface area contributed by atoms with E-state index in [9.17, 15) is 14.4 Å². The van der Waals surface area contributed by atoms with Gasteiger partial charge in [0.25, 0.3) is 0 Å². The van der Waals surface area contributed by atoms with Crippen molar-refractivity contribution in [3.63, 3.8) is 0 Å². The Morgan fingerprint density at radius 1 is 0.793 bits per heavy atom. The predicted molar refractivity (Wildman–Crippen MR) is 102 cm³/mol. The van der Waals surface area contributed by atoms with Crippen molar-refractivity contribution >= 4 is 18.2 Å². The maximum absolute atomic E-state index is 11.9. The summed E-state index contributed by atoms with van der Waals surface area (Å²) in [5, 5.41) is 0. The molecular formula is C21H21NO7. The lowest BCUT2D eigenvalue weighted by molar-refractivity contribution is -0.147. The highest BCUT2D eigenvalue weighted by Crippen LogP contribution is 2.27. The highest BCUT2D eigenvalue weighted by molar-refractivity contribution is 5.75. The van der Waals surface area contributed by atoms with Crippen LogP contribution < -0.4 is 9.47 Å². The fourth-order valence-corrected chi connectivity index (χ4v) is 3.07. The Labute approximate surface area is 167 Å². The first-order valence-electron chi connectivity index (χ1n) is 9.11. The zero-order valence-electron chi connectivity index (χ0n) is 15.9. The van der Waals surface area contributed by atoms with Crippen LogP contribution in [0.4, 0.5) is 9.59 Å². The summed E-state index contributed by atoms with van der Waals surface area (Å²) in [7, 11) is 0. The molecule has 0 radical (unpaired) electrons. The van der Waals surface area contributed by atoms with Crippen molar-refractivity contribution in [1.82, 2.24) is 4.90 Å². The van der Waals surface area contributed by atoms with E-state index in [0.717, 1.165) is 0 Å². The van der Waals surface area contributed by atoms with Gasteiger partial charge in [-0.05, 0) is 30.7 Å². The molecule has 2 aromatic carbocycles. The first-order valence-corrected chi connectivity index (χ1v) is 9.11. The number of hydrogen-bond acceptors (Lipinski definition) is 7. The fraction of sp³-hybridized carbons (Fsp3) is 0.286. The Morgan fingerprint density at radius 3 is 1.59 bits per heavy atom. The van der Waals surface area contributed by atoms with Gasteiger partial charge < -0.3 is 23.8 Å². The van der Waals surface area contributed by atoms with E-state index >= 15 is 0 Å². The Kier molecular flexibility index (Phi) is 6.67. The topological polar surface area (TPSA) is 91.4 Å². The monoisotopic (exact) mass is 399 g/mol. The molecule has 0 aliphatic carbocycles. The SMILES string of the molecule is CC(=O)N1[C@@H](COC(=O)Oc2ccccc2)C[C@@H]1COC(=O)Oc1ccccc1. The lowest BCUT2D eigenvalue weighted by Crippen LogP contribution is -2.61. The molecule has 2 atom stereocenters. The second-order valence-electron chi connectivity index (χ2n) is 6.42. The van der Waals surface area contributed by atoms with Crippen molar-refractivity contribution in [3.8, 4) is 11.5 Å². The Hall–Kier alpha value is -3.55. The standard InChI is InChI=1S/C21H21NO7/c1-15(23)22-16(13-26-20(24)28-18-8-4-2-5-9-18)12-17(22)14-27-21(25)29-19-10-6-3-7-11-19/h2-11,16-17H,12-14H2,1H3/t16-,17-/m1/s1. The number of amides is 1. The van der Waals surface area contributed by atoms with E-state index in [1.165, 1.54) is 11.8 Å². The molecule has 1 fully saturated rings. The third-order valence-corrected chi connectivity index (χ3v) is 4.37. The summed E-state index contributed by atoms with van der Waals surface area (Å²) in [5.74, 6) is 0.543. The highest BCUT2D eigenvalue weighted by Gasteiger charge is 2.41. The number of ether oxygens (including phenoxy) is 4. The summed E-state index contributed by atoms with van der Waals surface area (Å²) in [6.45, 7) is 1.40. The molecule has 1 saturated heterocycles. The normalized spacial score (nSPS) is 17.6. The van der Waals surface area contributed by atoms with E-state index in [4.69, 9.17) is 18.9 Å². The molecule has 0 unspecified atom stereocenters. The van der Waals surface area contributed by atoms with E-state index in [0.29, 0.717) is 17.9 Å². The van der Waals surface area contributed by atoms with Crippen molar-refractivity contribution in [3.05, 3.63) is 60.7 Å². The summed E-state index contributed by atoms with van der Waals surface area (Å²) in [6, 6.07) is 16.5. The predicted octanol–water partition coefficient (Wildman–Crippen LogP) is 3.41. The molecule has 0 bridgehead atoms. The minimum atomic E-state index is -0.842. The smallest absolute Gasteiger partial charge is 0.432 e. The van der Waals surface area contributed by atoms with Crippen LogP contribution in [0.2, 0.25) is 0 Å². The largest absolute Gasteiger partial charge is 0.513 e. The van der Waals surface area contributed by atoms with Crippen LogP contribution in [0.5, 0.6) is 11.5 Å². The lowest BCUT2D eigenvalue weighted by atomic mass is 9.94. The zero-order chi connectivity index (χ0) is 20.6. The number of rotatable bonds is 6. The first-order chi connectivity index (χ1) is 14.0. The van der Waals surface area contributed by atoms with Gasteiger partial charge in [-0.3, -0.25) is 4.79 Å². The van der Waals surface area contributed by atoms with Gasteiger partial charge in [0.05, 0.1) is 12.1 Å². The Bertz CT molecular complexity index is 777. The number of nitrogens with zero attached hydrogens (tertiary/aromatic N) is 1. The molecule has 8 nitrogen and oxygen atoms in total. The highest BCUT2D eigenvalue weighted by atomic mass is 16.7. The molecule has 0 spiro atoms. The number of para-hydroxylation sites is 2. The maximum atomic E-state index is 11.9. The summed E-state index contributed by atoms with van der Waals surface area (Å²) in [5.41, 5.74) is 0. The third kappa shape index (κ3) is 5.71. The molecule has 8 heteroatoms. The molecule has 1 heterocycles. The molecule has 0 aromatic heterocycles. The molecule has 1 aliphatic rings. The summed E-state index contributed by atoms with van der Waals surface area (Å²) >= 11 is 0. The number of benzene rings is 2. The molecule has 1 amide bonds. The zero-order valence-corrected chi connectivity index (χ0v) is 15.9. The van der Waals surface area contributed by atoms with Gasteiger partial charge >= 0.3 is 12.3 Å². The fourth-order valence-electron chi connectivity index (χ4n) is 3.07. The van der Waals surface area contributed by atoms with Gasteiger partial charge in [0, 0.05) is 6.92 Å². The quantitative estimate of drug-likeness (QED) is 0.543. The van der Waals surface area contributed by atoms with Gasteiger partial charge in [-0.25, -0.2) is 9.59 Å². The molecule has 2 aromatic rings. The van der Waals surface area contributed by atoms with E-state index in [1.54, 1.807) is 60.7 Å². The van der Waals surface area contributed by atoms with Crippen molar-refractivity contribution in [1.29, 1.82) is 0 Å². The molecule has 1 aliphatic heterocycles. The van der Waals surface area contributed by atoms with Crippen LogP contribution in [-0.2, 0) is 14.3 Å². The molecule has 152 valence electrons. The van der Waals surface area contributed by atoms with Crippen molar-refractivity contribution in [2.24, 2.45) is 0 Å². The van der Waals surface area contributed by atoms with Crippen LogP contribution in [0, 0.1) is 0 Å². The Balaban J connectivity index is 1.41. The average Bonchev–Trinajstić information content (AvgIpc) is 2.67. The van der Waals surface area contributed by atoms with Gasteiger partial charge in [0.1, 0.15) is 24.7 Å². The summed E-state index contributed by atoms with van der Waals surface area (Å²) in [6.07, 6.45) is -1.16. The Morgan fingerprint density at radius 2 is 1.21 bits per heavy atom. The second kappa shape index (κ2) is 9.59. The van der Waals surface area contributed by atoms with Crippen LogP contribution in [0.25, 0.3) is 0 Å². The van der Waals surface area contributed by atoms with Crippen LogP contribution in [0.1, 0.15) is 13.3 Å². The van der Waals surface area contributed by atoms with Crippen molar-refractivity contribution in [2.45, 2.75) is 25.4 Å². The molecular weight excluding hydrogens is 378 g/mol. The van der Waals surface area contributed by atoms with Gasteiger partial charge in [0.2, 0.25) is 5.91 Å². The number of hydrogen-bond donors (Lipinski definition) is 0.